The molecule has 4 aromatic rings. The van der Waals surface area contributed by atoms with Crippen LogP contribution in [0.15, 0.2) is 71.1 Å². The fourth-order valence-corrected chi connectivity index (χ4v) is 4.08. The van der Waals surface area contributed by atoms with Crippen LogP contribution in [-0.4, -0.2) is 42.0 Å². The smallest absolute Gasteiger partial charge is 0.253 e. The molecule has 0 saturated carbocycles. The first-order chi connectivity index (χ1) is 15.1. The van der Waals surface area contributed by atoms with Crippen molar-refractivity contribution < 1.29 is 9.21 Å². The Bertz CT molecular complexity index is 1210. The Balaban J connectivity index is 1.26. The van der Waals surface area contributed by atoms with Gasteiger partial charge >= 0.3 is 0 Å². The first-order valence-corrected chi connectivity index (χ1v) is 10.8. The Kier molecular flexibility index (Phi) is 5.30. The molecule has 2 heterocycles. The first kappa shape index (κ1) is 19.9. The van der Waals surface area contributed by atoms with Crippen LogP contribution in [0.5, 0.6) is 0 Å². The second-order valence-corrected chi connectivity index (χ2v) is 8.26. The average Bonchev–Trinajstić information content (AvgIpc) is 3.25. The number of halogens is 2. The number of amides is 1. The van der Waals surface area contributed by atoms with Crippen molar-refractivity contribution in [2.45, 2.75) is 0 Å². The van der Waals surface area contributed by atoms with Gasteiger partial charge in [0.15, 0.2) is 5.58 Å². The second-order valence-electron chi connectivity index (χ2n) is 7.44. The van der Waals surface area contributed by atoms with Gasteiger partial charge < -0.3 is 14.2 Å². The van der Waals surface area contributed by atoms with Gasteiger partial charge in [0.05, 0.1) is 10.0 Å². The van der Waals surface area contributed by atoms with Gasteiger partial charge in [-0.05, 0) is 54.6 Å². The largest absolute Gasteiger partial charge is 0.436 e. The minimum atomic E-state index is 0.0258. The fraction of sp³-hybridized carbons (Fsp3) is 0.167. The summed E-state index contributed by atoms with van der Waals surface area (Å²) in [6.45, 7) is 2.77. The number of rotatable bonds is 3. The van der Waals surface area contributed by atoms with E-state index in [4.69, 9.17) is 27.6 Å². The predicted molar refractivity (Wildman–Crippen MR) is 124 cm³/mol. The van der Waals surface area contributed by atoms with E-state index >= 15 is 0 Å². The van der Waals surface area contributed by atoms with Crippen molar-refractivity contribution in [2.75, 3.05) is 31.1 Å². The normalized spacial score (nSPS) is 14.3. The maximum absolute atomic E-state index is 13.0. The lowest BCUT2D eigenvalue weighted by atomic mass is 10.1. The second kappa shape index (κ2) is 8.25. The summed E-state index contributed by atoms with van der Waals surface area (Å²) in [5.74, 6) is 0.577. The van der Waals surface area contributed by atoms with E-state index in [1.54, 1.807) is 6.07 Å². The van der Waals surface area contributed by atoms with Gasteiger partial charge in [-0.1, -0.05) is 35.3 Å². The summed E-state index contributed by atoms with van der Waals surface area (Å²) in [4.78, 5) is 21.6. The first-order valence-electron chi connectivity index (χ1n) is 10.0. The Labute approximate surface area is 189 Å². The highest BCUT2D eigenvalue weighted by Crippen LogP contribution is 2.28. The third-order valence-corrected chi connectivity index (χ3v) is 6.25. The molecule has 5 rings (SSSR count). The Morgan fingerprint density at radius 3 is 2.32 bits per heavy atom. The summed E-state index contributed by atoms with van der Waals surface area (Å²) in [6, 6.07) is 20.7. The van der Waals surface area contributed by atoms with E-state index < -0.39 is 0 Å². The van der Waals surface area contributed by atoms with Gasteiger partial charge in [-0.25, -0.2) is 4.98 Å². The molecule has 1 fully saturated rings. The fourth-order valence-electron chi connectivity index (χ4n) is 3.78. The minimum absolute atomic E-state index is 0.0258. The van der Waals surface area contributed by atoms with E-state index in [1.165, 1.54) is 0 Å². The van der Waals surface area contributed by atoms with Crippen LogP contribution in [0.4, 0.5) is 5.69 Å². The summed E-state index contributed by atoms with van der Waals surface area (Å²) in [7, 11) is 0. The van der Waals surface area contributed by atoms with Crippen molar-refractivity contribution in [1.82, 2.24) is 9.88 Å². The number of carbonyl (C=O) groups excluding carboxylic acids is 1. The Hall–Kier alpha value is -3.02. The predicted octanol–water partition coefficient (Wildman–Crippen LogP) is 5.76. The molecule has 0 atom stereocenters. The third kappa shape index (κ3) is 3.99. The lowest BCUT2D eigenvalue weighted by Crippen LogP contribution is -2.48. The lowest BCUT2D eigenvalue weighted by molar-refractivity contribution is 0.0747. The van der Waals surface area contributed by atoms with E-state index in [1.807, 2.05) is 65.6 Å². The monoisotopic (exact) mass is 451 g/mol. The van der Waals surface area contributed by atoms with Crippen LogP contribution in [0.25, 0.3) is 22.6 Å². The number of hydrogen-bond acceptors (Lipinski definition) is 4. The Morgan fingerprint density at radius 1 is 0.871 bits per heavy atom. The zero-order chi connectivity index (χ0) is 21.4. The number of para-hydroxylation sites is 2. The summed E-state index contributed by atoms with van der Waals surface area (Å²) < 4.78 is 5.81. The molecule has 1 aromatic heterocycles. The molecule has 3 aromatic carbocycles. The number of carbonyl (C=O) groups is 1. The molecule has 0 bridgehead atoms. The van der Waals surface area contributed by atoms with Crippen LogP contribution in [0.1, 0.15) is 10.4 Å². The van der Waals surface area contributed by atoms with Crippen molar-refractivity contribution in [3.63, 3.8) is 0 Å². The molecule has 156 valence electrons. The molecule has 0 unspecified atom stereocenters. The number of nitrogens with zero attached hydrogens (tertiary/aromatic N) is 3. The van der Waals surface area contributed by atoms with Crippen LogP contribution in [-0.2, 0) is 0 Å². The molecule has 1 aliphatic rings. The van der Waals surface area contributed by atoms with Gasteiger partial charge in [0.25, 0.3) is 5.91 Å². The Morgan fingerprint density at radius 2 is 1.61 bits per heavy atom. The molecule has 1 aliphatic heterocycles. The maximum atomic E-state index is 13.0. The van der Waals surface area contributed by atoms with Crippen LogP contribution in [0.3, 0.4) is 0 Å². The minimum Gasteiger partial charge on any atom is -0.436 e. The van der Waals surface area contributed by atoms with E-state index in [-0.39, 0.29) is 5.91 Å². The number of fused-ring (bicyclic) bond motifs is 1. The topological polar surface area (TPSA) is 49.6 Å². The molecule has 0 radical (unpaired) electrons. The molecule has 0 spiro atoms. The molecule has 0 aliphatic carbocycles. The molecular weight excluding hydrogens is 433 g/mol. The van der Waals surface area contributed by atoms with Gasteiger partial charge in [0.2, 0.25) is 5.89 Å². The lowest BCUT2D eigenvalue weighted by Gasteiger charge is -2.36. The van der Waals surface area contributed by atoms with E-state index in [0.717, 1.165) is 35.4 Å². The summed E-state index contributed by atoms with van der Waals surface area (Å²) in [5, 5.41) is 1.08. The number of anilines is 1. The van der Waals surface area contributed by atoms with Crippen molar-refractivity contribution in [3.8, 4) is 11.5 Å². The van der Waals surface area contributed by atoms with Gasteiger partial charge in [-0.15, -0.1) is 0 Å². The van der Waals surface area contributed by atoms with E-state index in [9.17, 15) is 4.79 Å². The van der Waals surface area contributed by atoms with Crippen molar-refractivity contribution in [1.29, 1.82) is 0 Å². The number of aromatic nitrogens is 1. The number of hydrogen-bond donors (Lipinski definition) is 0. The molecule has 1 saturated heterocycles. The number of piperazine rings is 1. The number of benzene rings is 3. The summed E-state index contributed by atoms with van der Waals surface area (Å²) in [5.41, 5.74) is 4.08. The zero-order valence-corrected chi connectivity index (χ0v) is 18.1. The van der Waals surface area contributed by atoms with Crippen LogP contribution < -0.4 is 4.90 Å². The van der Waals surface area contributed by atoms with Crippen LogP contribution >= 0.6 is 23.2 Å². The maximum Gasteiger partial charge on any atom is 0.253 e. The van der Waals surface area contributed by atoms with E-state index in [0.29, 0.717) is 34.6 Å². The molecule has 1 amide bonds. The zero-order valence-electron chi connectivity index (χ0n) is 16.6. The standard InChI is InChI=1S/C24H19Cl2N3O2/c25-19-10-9-18(15-20(19)26)28-11-13-29(14-12-28)24(30)17-7-5-16(6-8-17)23-27-21-3-1-2-4-22(21)31-23/h1-10,15H,11-14H2. The highest BCUT2D eigenvalue weighted by Gasteiger charge is 2.23. The highest BCUT2D eigenvalue weighted by atomic mass is 35.5. The quantitative estimate of drug-likeness (QED) is 0.396. The van der Waals surface area contributed by atoms with Crippen molar-refractivity contribution >= 4 is 45.9 Å². The summed E-state index contributed by atoms with van der Waals surface area (Å²) >= 11 is 12.1. The SMILES string of the molecule is O=C(c1ccc(-c2nc3ccccc3o2)cc1)N1CCN(c2ccc(Cl)c(Cl)c2)CC1. The van der Waals surface area contributed by atoms with Crippen molar-refractivity contribution in [2.24, 2.45) is 0 Å². The average molecular weight is 452 g/mol. The van der Waals surface area contributed by atoms with Crippen LogP contribution in [0.2, 0.25) is 10.0 Å². The van der Waals surface area contributed by atoms with Crippen LogP contribution in [0, 0.1) is 0 Å². The van der Waals surface area contributed by atoms with Gasteiger partial charge in [0, 0.05) is 43.0 Å². The van der Waals surface area contributed by atoms with Gasteiger partial charge in [0.1, 0.15) is 5.52 Å². The number of oxazole rings is 1. The molecular formula is C24H19Cl2N3O2. The highest BCUT2D eigenvalue weighted by molar-refractivity contribution is 6.42. The third-order valence-electron chi connectivity index (χ3n) is 5.51. The molecule has 5 nitrogen and oxygen atoms in total. The molecule has 0 N–H and O–H groups in total. The summed E-state index contributed by atoms with van der Waals surface area (Å²) in [6.07, 6.45) is 0. The van der Waals surface area contributed by atoms with E-state index in [2.05, 4.69) is 9.88 Å². The molecule has 7 heteroatoms. The van der Waals surface area contributed by atoms with Gasteiger partial charge in [-0.2, -0.15) is 0 Å². The molecule has 31 heavy (non-hydrogen) atoms. The van der Waals surface area contributed by atoms with Crippen molar-refractivity contribution in [3.05, 3.63) is 82.3 Å². The van der Waals surface area contributed by atoms with Gasteiger partial charge in [-0.3, -0.25) is 4.79 Å².